The number of nitrogens with two attached hydrogens (primary N) is 1. The average Bonchev–Trinajstić information content (AvgIpc) is 3.12. The normalized spacial score (nSPS) is 11.9. The van der Waals surface area contributed by atoms with E-state index in [1.54, 1.807) is 24.3 Å². The van der Waals surface area contributed by atoms with Gasteiger partial charge in [-0.2, -0.15) is 13.2 Å². The molecule has 0 aliphatic rings. The lowest BCUT2D eigenvalue weighted by Gasteiger charge is -2.11. The zero-order valence-corrected chi connectivity index (χ0v) is 18.4. The summed E-state index contributed by atoms with van der Waals surface area (Å²) in [4.78, 5) is 12.2. The summed E-state index contributed by atoms with van der Waals surface area (Å²) in [7, 11) is 0. The lowest BCUT2D eigenvalue weighted by atomic mass is 10.0. The fraction of sp³-hybridized carbons (Fsp3) is 0.0741. The van der Waals surface area contributed by atoms with E-state index < -0.39 is 17.6 Å². The maximum atomic E-state index is 13.0. The molecule has 0 atom stereocenters. The van der Waals surface area contributed by atoms with Crippen molar-refractivity contribution in [3.05, 3.63) is 107 Å². The standard InChI is InChI=1S/C27H17ClF3N2O/c28-20-11-6-17(7-12-20)18-8-13-21-24(14-18)33(23-3-1-2-22(25(21)23)26(32)34)15-16-4-9-19(10-5-16)27(29,30)31/h1-12,14H,15H2,(H2,32,34). The van der Waals surface area contributed by atoms with Gasteiger partial charge in [-0.25, -0.2) is 0 Å². The number of halogens is 4. The fourth-order valence-corrected chi connectivity index (χ4v) is 4.35. The Labute approximate surface area is 198 Å². The molecule has 0 spiro atoms. The first-order chi connectivity index (χ1) is 16.2. The molecule has 0 saturated carbocycles. The summed E-state index contributed by atoms with van der Waals surface area (Å²) in [5.41, 5.74) is 9.35. The summed E-state index contributed by atoms with van der Waals surface area (Å²) >= 11 is 6.02. The van der Waals surface area contributed by atoms with Crippen LogP contribution in [0, 0.1) is 6.07 Å². The number of carbonyl (C=O) groups excluding carboxylic acids is 1. The Hall–Kier alpha value is -3.77. The number of hydrogen-bond donors (Lipinski definition) is 1. The largest absolute Gasteiger partial charge is 0.416 e. The monoisotopic (exact) mass is 477 g/mol. The summed E-state index contributed by atoms with van der Waals surface area (Å²) < 4.78 is 41.0. The third kappa shape index (κ3) is 3.90. The minimum atomic E-state index is -4.40. The topological polar surface area (TPSA) is 48.0 Å². The van der Waals surface area contributed by atoms with Gasteiger partial charge in [-0.3, -0.25) is 4.79 Å². The van der Waals surface area contributed by atoms with Crippen molar-refractivity contribution < 1.29 is 18.0 Å². The summed E-state index contributed by atoms with van der Waals surface area (Å²) in [6.45, 7) is 0.304. The second kappa shape index (κ2) is 8.22. The summed E-state index contributed by atoms with van der Waals surface area (Å²) in [5, 5.41) is 2.00. The van der Waals surface area contributed by atoms with Crippen molar-refractivity contribution in [2.24, 2.45) is 5.73 Å². The number of carbonyl (C=O) groups is 1. The van der Waals surface area contributed by atoms with E-state index in [4.69, 9.17) is 17.3 Å². The molecule has 1 aromatic heterocycles. The van der Waals surface area contributed by atoms with Crippen LogP contribution in [0.2, 0.25) is 5.02 Å². The van der Waals surface area contributed by atoms with Gasteiger partial charge in [0.2, 0.25) is 5.91 Å². The van der Waals surface area contributed by atoms with Crippen LogP contribution in [0.3, 0.4) is 0 Å². The SMILES string of the molecule is NC(=O)c1cccc2c1c1[c]cc(-c3ccc(Cl)cc3)cc1n2Cc1ccc(C(F)(F)F)cc1. The molecule has 3 nitrogen and oxygen atoms in total. The van der Waals surface area contributed by atoms with Gasteiger partial charge in [0.05, 0.1) is 16.6 Å². The van der Waals surface area contributed by atoms with Gasteiger partial charge in [0, 0.05) is 27.9 Å². The Morgan fingerprint density at radius 3 is 2.29 bits per heavy atom. The molecule has 7 heteroatoms. The van der Waals surface area contributed by atoms with Gasteiger partial charge in [0.15, 0.2) is 0 Å². The number of primary amides is 1. The summed E-state index contributed by atoms with van der Waals surface area (Å²) in [6.07, 6.45) is -4.40. The predicted octanol–water partition coefficient (Wildman–Crippen LogP) is 7.08. The van der Waals surface area contributed by atoms with E-state index in [1.807, 2.05) is 34.9 Å². The molecule has 2 N–H and O–H groups in total. The number of alkyl halides is 3. The van der Waals surface area contributed by atoms with E-state index in [1.165, 1.54) is 12.1 Å². The average molecular weight is 478 g/mol. The number of rotatable bonds is 4. The zero-order valence-electron chi connectivity index (χ0n) is 17.7. The second-order valence-corrected chi connectivity index (χ2v) is 8.44. The van der Waals surface area contributed by atoms with Crippen LogP contribution >= 0.6 is 11.6 Å². The van der Waals surface area contributed by atoms with Crippen molar-refractivity contribution >= 4 is 39.3 Å². The van der Waals surface area contributed by atoms with E-state index >= 15 is 0 Å². The van der Waals surface area contributed by atoms with Crippen molar-refractivity contribution in [2.45, 2.75) is 12.7 Å². The maximum absolute atomic E-state index is 13.0. The quantitative estimate of drug-likeness (QED) is 0.295. The first-order valence-electron chi connectivity index (χ1n) is 10.4. The highest BCUT2D eigenvalue weighted by Gasteiger charge is 2.30. The molecule has 0 aliphatic carbocycles. The molecule has 1 amide bonds. The molecule has 0 fully saturated rings. The van der Waals surface area contributed by atoms with E-state index in [0.29, 0.717) is 33.5 Å². The third-order valence-corrected chi connectivity index (χ3v) is 6.11. The van der Waals surface area contributed by atoms with Crippen molar-refractivity contribution in [1.29, 1.82) is 0 Å². The molecule has 0 saturated heterocycles. The molecule has 5 rings (SSSR count). The van der Waals surface area contributed by atoms with Crippen molar-refractivity contribution in [2.75, 3.05) is 0 Å². The molecular formula is C27H17ClF3N2O. The molecule has 0 aliphatic heterocycles. The van der Waals surface area contributed by atoms with Crippen LogP contribution in [0.1, 0.15) is 21.5 Å². The highest BCUT2D eigenvalue weighted by atomic mass is 35.5. The molecular weight excluding hydrogens is 461 g/mol. The molecule has 1 heterocycles. The van der Waals surface area contributed by atoms with Gasteiger partial charge in [0.25, 0.3) is 0 Å². The lowest BCUT2D eigenvalue weighted by molar-refractivity contribution is -0.137. The number of aromatic nitrogens is 1. The molecule has 4 aromatic carbocycles. The van der Waals surface area contributed by atoms with Crippen molar-refractivity contribution in [1.82, 2.24) is 4.57 Å². The highest BCUT2D eigenvalue weighted by Crippen LogP contribution is 2.35. The van der Waals surface area contributed by atoms with E-state index in [0.717, 1.165) is 34.3 Å². The predicted molar refractivity (Wildman–Crippen MR) is 128 cm³/mol. The Balaban J connectivity index is 1.72. The van der Waals surface area contributed by atoms with Crippen LogP contribution in [-0.4, -0.2) is 10.5 Å². The Kier molecular flexibility index (Phi) is 5.33. The molecule has 34 heavy (non-hydrogen) atoms. The Morgan fingerprint density at radius 1 is 0.941 bits per heavy atom. The zero-order chi connectivity index (χ0) is 24.0. The lowest BCUT2D eigenvalue weighted by Crippen LogP contribution is -2.11. The number of hydrogen-bond acceptors (Lipinski definition) is 1. The number of amides is 1. The first kappa shape index (κ1) is 22.0. The van der Waals surface area contributed by atoms with Gasteiger partial charge < -0.3 is 10.3 Å². The van der Waals surface area contributed by atoms with Gasteiger partial charge in [-0.05, 0) is 71.3 Å². The van der Waals surface area contributed by atoms with Gasteiger partial charge in [0.1, 0.15) is 0 Å². The molecule has 5 aromatic rings. The number of nitrogens with zero attached hydrogens (tertiary/aromatic N) is 1. The molecule has 0 unspecified atom stereocenters. The van der Waals surface area contributed by atoms with Crippen LogP contribution in [0.25, 0.3) is 32.9 Å². The maximum Gasteiger partial charge on any atom is 0.416 e. The van der Waals surface area contributed by atoms with Crippen LogP contribution < -0.4 is 5.73 Å². The van der Waals surface area contributed by atoms with E-state index in [9.17, 15) is 18.0 Å². The minimum Gasteiger partial charge on any atom is -0.366 e. The highest BCUT2D eigenvalue weighted by molar-refractivity contribution is 6.30. The van der Waals surface area contributed by atoms with Crippen molar-refractivity contribution in [3.8, 4) is 11.1 Å². The Morgan fingerprint density at radius 2 is 1.65 bits per heavy atom. The van der Waals surface area contributed by atoms with E-state index in [-0.39, 0.29) is 0 Å². The van der Waals surface area contributed by atoms with Crippen LogP contribution in [0.4, 0.5) is 13.2 Å². The fourth-order valence-electron chi connectivity index (χ4n) is 4.22. The molecule has 0 bridgehead atoms. The smallest absolute Gasteiger partial charge is 0.366 e. The van der Waals surface area contributed by atoms with Crippen molar-refractivity contribution in [3.63, 3.8) is 0 Å². The summed E-state index contributed by atoms with van der Waals surface area (Å²) in [5.74, 6) is -0.561. The Bertz CT molecular complexity index is 1540. The van der Waals surface area contributed by atoms with Gasteiger partial charge in [-0.15, -0.1) is 0 Å². The number of benzene rings is 4. The summed E-state index contributed by atoms with van der Waals surface area (Å²) in [6, 6.07) is 24.8. The number of fused-ring (bicyclic) bond motifs is 3. The third-order valence-electron chi connectivity index (χ3n) is 5.86. The van der Waals surface area contributed by atoms with Gasteiger partial charge in [-0.1, -0.05) is 41.9 Å². The van der Waals surface area contributed by atoms with Crippen LogP contribution in [0.15, 0.2) is 78.9 Å². The molecule has 169 valence electrons. The van der Waals surface area contributed by atoms with E-state index in [2.05, 4.69) is 6.07 Å². The van der Waals surface area contributed by atoms with Crippen LogP contribution in [0.5, 0.6) is 0 Å². The first-order valence-corrected chi connectivity index (χ1v) is 10.8. The minimum absolute atomic E-state index is 0.304. The second-order valence-electron chi connectivity index (χ2n) is 8.00. The van der Waals surface area contributed by atoms with Gasteiger partial charge >= 0.3 is 6.18 Å². The molecule has 1 radical (unpaired) electrons. The van der Waals surface area contributed by atoms with Crippen LogP contribution in [-0.2, 0) is 12.7 Å².